The highest BCUT2D eigenvalue weighted by Crippen LogP contribution is 2.00. The summed E-state index contributed by atoms with van der Waals surface area (Å²) in [4.78, 5) is 25.7. The Kier molecular flexibility index (Phi) is 7.92. The molecule has 2 N–H and O–H groups in total. The highest BCUT2D eigenvalue weighted by Gasteiger charge is 2.13. The van der Waals surface area contributed by atoms with E-state index in [1.54, 1.807) is 13.0 Å². The minimum Gasteiger partial charge on any atom is -0.354 e. The van der Waals surface area contributed by atoms with Crippen LogP contribution < -0.4 is 10.6 Å². The Labute approximate surface area is 132 Å². The van der Waals surface area contributed by atoms with Gasteiger partial charge in [0.25, 0.3) is 0 Å². The zero-order valence-electron chi connectivity index (χ0n) is 13.5. The largest absolute Gasteiger partial charge is 0.354 e. The minimum absolute atomic E-state index is 0.166. The predicted octanol–water partition coefficient (Wildman–Crippen LogP) is 1.27. The van der Waals surface area contributed by atoms with E-state index in [1.807, 2.05) is 44.4 Å². The summed E-state index contributed by atoms with van der Waals surface area (Å²) >= 11 is 0. The molecule has 0 fully saturated rings. The summed E-state index contributed by atoms with van der Waals surface area (Å²) in [7, 11) is 3.98. The average Bonchev–Trinajstić information content (AvgIpc) is 2.50. The molecule has 1 rings (SSSR count). The monoisotopic (exact) mass is 303 g/mol. The van der Waals surface area contributed by atoms with Crippen molar-refractivity contribution in [1.82, 2.24) is 15.5 Å². The first-order valence-electron chi connectivity index (χ1n) is 7.45. The summed E-state index contributed by atoms with van der Waals surface area (Å²) in [5, 5.41) is 5.46. The van der Waals surface area contributed by atoms with Crippen LogP contribution in [0.5, 0.6) is 0 Å². The van der Waals surface area contributed by atoms with E-state index >= 15 is 0 Å². The Morgan fingerprint density at radius 2 is 1.91 bits per heavy atom. The van der Waals surface area contributed by atoms with E-state index in [2.05, 4.69) is 15.5 Å². The molecule has 0 saturated heterocycles. The first kappa shape index (κ1) is 17.9. The van der Waals surface area contributed by atoms with E-state index in [0.717, 1.165) is 18.5 Å². The molecule has 0 spiro atoms. The molecule has 0 aromatic heterocycles. The van der Waals surface area contributed by atoms with Gasteiger partial charge in [0.2, 0.25) is 11.8 Å². The summed E-state index contributed by atoms with van der Waals surface area (Å²) in [6.45, 7) is 3.20. The zero-order valence-corrected chi connectivity index (χ0v) is 13.5. The SMILES string of the molecule is CC(NC(=O)/C=C/c1ccccc1)C(=O)NCCCN(C)C. The standard InChI is InChI=1S/C17H25N3O2/c1-14(17(22)18-12-7-13-20(2)3)19-16(21)11-10-15-8-5-4-6-9-15/h4-6,8-11,14H,7,12-13H2,1-3H3,(H,18,22)(H,19,21)/b11-10+. The van der Waals surface area contributed by atoms with Gasteiger partial charge in [-0.15, -0.1) is 0 Å². The molecular formula is C17H25N3O2. The molecule has 0 radical (unpaired) electrons. The summed E-state index contributed by atoms with van der Waals surface area (Å²) in [5.74, 6) is -0.444. The predicted molar refractivity (Wildman–Crippen MR) is 89.3 cm³/mol. The Morgan fingerprint density at radius 1 is 1.23 bits per heavy atom. The minimum atomic E-state index is -0.549. The first-order valence-corrected chi connectivity index (χ1v) is 7.45. The number of benzene rings is 1. The van der Waals surface area contributed by atoms with Crippen molar-refractivity contribution in [3.8, 4) is 0 Å². The van der Waals surface area contributed by atoms with Gasteiger partial charge in [-0.2, -0.15) is 0 Å². The van der Waals surface area contributed by atoms with Gasteiger partial charge in [0.05, 0.1) is 0 Å². The van der Waals surface area contributed by atoms with E-state index < -0.39 is 6.04 Å². The number of amides is 2. The van der Waals surface area contributed by atoms with Crippen molar-refractivity contribution >= 4 is 17.9 Å². The van der Waals surface area contributed by atoms with Crippen LogP contribution in [-0.4, -0.2) is 49.9 Å². The maximum absolute atomic E-state index is 11.8. The van der Waals surface area contributed by atoms with Crippen molar-refractivity contribution in [3.63, 3.8) is 0 Å². The molecule has 5 nitrogen and oxygen atoms in total. The number of nitrogens with zero attached hydrogens (tertiary/aromatic N) is 1. The van der Waals surface area contributed by atoms with Crippen LogP contribution in [0.3, 0.4) is 0 Å². The van der Waals surface area contributed by atoms with Gasteiger partial charge in [0.15, 0.2) is 0 Å². The highest BCUT2D eigenvalue weighted by atomic mass is 16.2. The molecule has 1 atom stereocenters. The van der Waals surface area contributed by atoms with Gasteiger partial charge in [0, 0.05) is 12.6 Å². The van der Waals surface area contributed by atoms with E-state index in [9.17, 15) is 9.59 Å². The molecule has 120 valence electrons. The number of carbonyl (C=O) groups is 2. The van der Waals surface area contributed by atoms with Crippen LogP contribution in [0.25, 0.3) is 6.08 Å². The molecule has 0 saturated carbocycles. The number of carbonyl (C=O) groups excluding carboxylic acids is 2. The maximum Gasteiger partial charge on any atom is 0.244 e. The Morgan fingerprint density at radius 3 is 2.55 bits per heavy atom. The highest BCUT2D eigenvalue weighted by molar-refractivity contribution is 5.95. The third-order valence-electron chi connectivity index (χ3n) is 3.06. The van der Waals surface area contributed by atoms with Crippen LogP contribution in [0.1, 0.15) is 18.9 Å². The van der Waals surface area contributed by atoms with Gasteiger partial charge >= 0.3 is 0 Å². The van der Waals surface area contributed by atoms with Crippen molar-refractivity contribution < 1.29 is 9.59 Å². The fraction of sp³-hybridized carbons (Fsp3) is 0.412. The Balaban J connectivity index is 2.31. The second-order valence-electron chi connectivity index (χ2n) is 5.42. The van der Waals surface area contributed by atoms with Gasteiger partial charge in [0.1, 0.15) is 6.04 Å². The van der Waals surface area contributed by atoms with Crippen molar-refractivity contribution in [2.24, 2.45) is 0 Å². The van der Waals surface area contributed by atoms with Gasteiger partial charge in [-0.3, -0.25) is 9.59 Å². The number of hydrogen-bond acceptors (Lipinski definition) is 3. The number of nitrogens with one attached hydrogen (secondary N) is 2. The van der Waals surface area contributed by atoms with E-state index in [1.165, 1.54) is 6.08 Å². The van der Waals surface area contributed by atoms with E-state index in [0.29, 0.717) is 6.54 Å². The van der Waals surface area contributed by atoms with Crippen molar-refractivity contribution in [2.45, 2.75) is 19.4 Å². The van der Waals surface area contributed by atoms with Gasteiger partial charge in [-0.1, -0.05) is 30.3 Å². The second kappa shape index (κ2) is 9.73. The quantitative estimate of drug-likeness (QED) is 0.562. The summed E-state index contributed by atoms with van der Waals surface area (Å²) in [5.41, 5.74) is 0.943. The molecule has 0 aliphatic rings. The maximum atomic E-state index is 11.8. The molecule has 0 aliphatic carbocycles. The zero-order chi connectivity index (χ0) is 16.4. The molecule has 0 aliphatic heterocycles. The van der Waals surface area contributed by atoms with Crippen LogP contribution in [0, 0.1) is 0 Å². The van der Waals surface area contributed by atoms with Crippen molar-refractivity contribution in [3.05, 3.63) is 42.0 Å². The van der Waals surface area contributed by atoms with Crippen LogP contribution >= 0.6 is 0 Å². The molecule has 1 aromatic carbocycles. The summed E-state index contributed by atoms with van der Waals surface area (Å²) in [6.07, 6.45) is 4.04. The normalized spacial score (nSPS) is 12.4. The Bertz CT molecular complexity index is 498. The number of rotatable bonds is 8. The molecule has 22 heavy (non-hydrogen) atoms. The lowest BCUT2D eigenvalue weighted by molar-refractivity contribution is -0.126. The van der Waals surface area contributed by atoms with E-state index in [4.69, 9.17) is 0 Å². The Hall–Kier alpha value is -2.14. The molecule has 0 bridgehead atoms. The molecule has 2 amide bonds. The van der Waals surface area contributed by atoms with Gasteiger partial charge < -0.3 is 15.5 Å². The van der Waals surface area contributed by atoms with Crippen LogP contribution in [-0.2, 0) is 9.59 Å². The molecule has 1 aromatic rings. The topological polar surface area (TPSA) is 61.4 Å². The van der Waals surface area contributed by atoms with Crippen LogP contribution in [0.2, 0.25) is 0 Å². The second-order valence-corrected chi connectivity index (χ2v) is 5.42. The van der Waals surface area contributed by atoms with Crippen LogP contribution in [0.15, 0.2) is 36.4 Å². The first-order chi connectivity index (χ1) is 10.5. The van der Waals surface area contributed by atoms with Gasteiger partial charge in [-0.05, 0) is 45.6 Å². The third kappa shape index (κ3) is 7.59. The summed E-state index contributed by atoms with van der Waals surface area (Å²) in [6, 6.07) is 8.99. The number of hydrogen-bond donors (Lipinski definition) is 2. The molecule has 0 heterocycles. The van der Waals surface area contributed by atoms with Gasteiger partial charge in [-0.25, -0.2) is 0 Å². The molecule has 5 heteroatoms. The smallest absolute Gasteiger partial charge is 0.244 e. The van der Waals surface area contributed by atoms with Crippen LogP contribution in [0.4, 0.5) is 0 Å². The molecule has 1 unspecified atom stereocenters. The lowest BCUT2D eigenvalue weighted by Crippen LogP contribution is -2.44. The fourth-order valence-electron chi connectivity index (χ4n) is 1.82. The summed E-state index contributed by atoms with van der Waals surface area (Å²) < 4.78 is 0. The third-order valence-corrected chi connectivity index (χ3v) is 3.06. The molecular weight excluding hydrogens is 278 g/mol. The van der Waals surface area contributed by atoms with E-state index in [-0.39, 0.29) is 11.8 Å². The lowest BCUT2D eigenvalue weighted by Gasteiger charge is -2.14. The van der Waals surface area contributed by atoms with Crippen molar-refractivity contribution in [1.29, 1.82) is 0 Å². The lowest BCUT2D eigenvalue weighted by atomic mass is 10.2. The average molecular weight is 303 g/mol. The fourth-order valence-corrected chi connectivity index (χ4v) is 1.82. The van der Waals surface area contributed by atoms with Crippen molar-refractivity contribution in [2.75, 3.05) is 27.2 Å².